The molecule has 0 aliphatic heterocycles. The Bertz CT molecular complexity index is 876. The average molecular weight is 379 g/mol. The van der Waals surface area contributed by atoms with Gasteiger partial charge in [-0.15, -0.1) is 10.2 Å². The van der Waals surface area contributed by atoms with Gasteiger partial charge in [-0.05, 0) is 36.1 Å². The summed E-state index contributed by atoms with van der Waals surface area (Å²) in [6.45, 7) is 2.37. The van der Waals surface area contributed by atoms with E-state index in [1.807, 2.05) is 54.6 Å². The van der Waals surface area contributed by atoms with Crippen LogP contribution in [0.5, 0.6) is 5.75 Å². The van der Waals surface area contributed by atoms with Crippen LogP contribution in [-0.4, -0.2) is 29.8 Å². The van der Waals surface area contributed by atoms with Crippen LogP contribution in [0.4, 0.5) is 0 Å². The average Bonchev–Trinajstić information content (AvgIpc) is 3.16. The lowest BCUT2D eigenvalue weighted by Crippen LogP contribution is -2.26. The Kier molecular flexibility index (Phi) is 6.78. The van der Waals surface area contributed by atoms with Crippen LogP contribution in [0.15, 0.2) is 59.0 Å². The second-order valence-electron chi connectivity index (χ2n) is 6.63. The van der Waals surface area contributed by atoms with Crippen molar-refractivity contribution in [2.24, 2.45) is 0 Å². The molecule has 1 heterocycles. The maximum Gasteiger partial charge on any atom is 0.224 e. The smallest absolute Gasteiger partial charge is 0.224 e. The maximum atomic E-state index is 12.5. The minimum Gasteiger partial charge on any atom is -0.497 e. The molecule has 1 unspecified atom stereocenters. The molecule has 2 aromatic carbocycles. The van der Waals surface area contributed by atoms with Crippen molar-refractivity contribution in [1.29, 1.82) is 0 Å². The van der Waals surface area contributed by atoms with E-state index in [1.165, 1.54) is 5.56 Å². The van der Waals surface area contributed by atoms with Gasteiger partial charge in [0, 0.05) is 19.9 Å². The standard InChI is InChI=1S/C22H25N3O3/c1-16-24-25-22(28-16)20(18-8-4-3-5-9-18)15-21(26)23-14-6-7-17-10-12-19(27-2)13-11-17/h3-5,8-13,20H,6-7,14-15H2,1-2H3,(H,23,26). The Morgan fingerprint density at radius 3 is 2.50 bits per heavy atom. The van der Waals surface area contributed by atoms with E-state index in [-0.39, 0.29) is 18.2 Å². The zero-order valence-corrected chi connectivity index (χ0v) is 16.2. The van der Waals surface area contributed by atoms with Gasteiger partial charge >= 0.3 is 0 Å². The first-order chi connectivity index (χ1) is 13.7. The fourth-order valence-electron chi connectivity index (χ4n) is 3.06. The monoisotopic (exact) mass is 379 g/mol. The fourth-order valence-corrected chi connectivity index (χ4v) is 3.06. The van der Waals surface area contributed by atoms with E-state index < -0.39 is 0 Å². The van der Waals surface area contributed by atoms with Crippen molar-refractivity contribution in [3.05, 3.63) is 77.5 Å². The Labute approximate surface area is 164 Å². The van der Waals surface area contributed by atoms with Gasteiger partial charge in [-0.25, -0.2) is 0 Å². The number of amides is 1. The van der Waals surface area contributed by atoms with Gasteiger partial charge in [0.2, 0.25) is 17.7 Å². The first-order valence-corrected chi connectivity index (χ1v) is 9.40. The molecule has 3 aromatic rings. The van der Waals surface area contributed by atoms with Gasteiger partial charge < -0.3 is 14.5 Å². The predicted octanol–water partition coefficient (Wildman–Crippen LogP) is 3.66. The lowest BCUT2D eigenvalue weighted by molar-refractivity contribution is -0.121. The normalized spacial score (nSPS) is 11.8. The maximum absolute atomic E-state index is 12.5. The minimum atomic E-state index is -0.246. The second kappa shape index (κ2) is 9.69. The Morgan fingerprint density at radius 2 is 1.86 bits per heavy atom. The highest BCUT2D eigenvalue weighted by Gasteiger charge is 2.23. The number of ether oxygens (including phenoxy) is 1. The van der Waals surface area contributed by atoms with Gasteiger partial charge in [0.15, 0.2) is 0 Å². The van der Waals surface area contributed by atoms with E-state index in [4.69, 9.17) is 9.15 Å². The number of rotatable bonds is 9. The molecule has 0 fully saturated rings. The van der Waals surface area contributed by atoms with Crippen molar-refractivity contribution in [2.45, 2.75) is 32.1 Å². The number of nitrogens with zero attached hydrogens (tertiary/aromatic N) is 2. The topological polar surface area (TPSA) is 77.2 Å². The molecule has 0 saturated carbocycles. The molecule has 0 bridgehead atoms. The third-order valence-corrected chi connectivity index (χ3v) is 4.55. The van der Waals surface area contributed by atoms with Crippen LogP contribution in [0.25, 0.3) is 0 Å². The minimum absolute atomic E-state index is 0.0283. The molecule has 3 rings (SSSR count). The number of hydrogen-bond donors (Lipinski definition) is 1. The van der Waals surface area contributed by atoms with Crippen LogP contribution in [0.2, 0.25) is 0 Å². The third kappa shape index (κ3) is 5.42. The SMILES string of the molecule is COc1ccc(CCCNC(=O)CC(c2ccccc2)c2nnc(C)o2)cc1. The van der Waals surface area contributed by atoms with E-state index in [0.717, 1.165) is 24.2 Å². The molecule has 1 N–H and O–H groups in total. The molecule has 0 saturated heterocycles. The third-order valence-electron chi connectivity index (χ3n) is 4.55. The molecule has 1 atom stereocenters. The predicted molar refractivity (Wildman–Crippen MR) is 106 cm³/mol. The summed E-state index contributed by atoms with van der Waals surface area (Å²) >= 11 is 0. The number of hydrogen-bond acceptors (Lipinski definition) is 5. The van der Waals surface area contributed by atoms with Crippen LogP contribution >= 0.6 is 0 Å². The van der Waals surface area contributed by atoms with Crippen LogP contribution in [0.1, 0.15) is 41.7 Å². The fraction of sp³-hybridized carbons (Fsp3) is 0.318. The zero-order chi connectivity index (χ0) is 19.8. The molecule has 1 amide bonds. The van der Waals surface area contributed by atoms with Gasteiger partial charge in [-0.3, -0.25) is 4.79 Å². The summed E-state index contributed by atoms with van der Waals surface area (Å²) in [7, 11) is 1.66. The number of carbonyl (C=O) groups excluding carboxylic acids is 1. The number of methoxy groups -OCH3 is 1. The van der Waals surface area contributed by atoms with Gasteiger partial charge in [-0.1, -0.05) is 42.5 Å². The molecule has 6 nitrogen and oxygen atoms in total. The molecular weight excluding hydrogens is 354 g/mol. The number of aromatic nitrogens is 2. The Hall–Kier alpha value is -3.15. The molecule has 0 spiro atoms. The number of nitrogens with one attached hydrogen (secondary N) is 1. The van der Waals surface area contributed by atoms with E-state index in [0.29, 0.717) is 18.3 Å². The summed E-state index contributed by atoms with van der Waals surface area (Å²) in [6.07, 6.45) is 2.04. The molecule has 28 heavy (non-hydrogen) atoms. The summed E-state index contributed by atoms with van der Waals surface area (Å²) in [4.78, 5) is 12.5. The van der Waals surface area contributed by atoms with Crippen molar-refractivity contribution >= 4 is 5.91 Å². The Balaban J connectivity index is 1.52. The quantitative estimate of drug-likeness (QED) is 0.574. The van der Waals surface area contributed by atoms with Crippen molar-refractivity contribution < 1.29 is 13.9 Å². The highest BCUT2D eigenvalue weighted by Crippen LogP contribution is 2.26. The van der Waals surface area contributed by atoms with Crippen LogP contribution < -0.4 is 10.1 Å². The highest BCUT2D eigenvalue weighted by atomic mass is 16.5. The van der Waals surface area contributed by atoms with Crippen molar-refractivity contribution in [3.8, 4) is 5.75 Å². The van der Waals surface area contributed by atoms with E-state index in [2.05, 4.69) is 15.5 Å². The van der Waals surface area contributed by atoms with Gasteiger partial charge in [0.1, 0.15) is 5.75 Å². The van der Waals surface area contributed by atoms with E-state index >= 15 is 0 Å². The van der Waals surface area contributed by atoms with E-state index in [1.54, 1.807) is 14.0 Å². The zero-order valence-electron chi connectivity index (χ0n) is 16.2. The lowest BCUT2D eigenvalue weighted by atomic mass is 9.95. The van der Waals surface area contributed by atoms with Crippen LogP contribution in [0, 0.1) is 6.92 Å². The first-order valence-electron chi connectivity index (χ1n) is 9.40. The lowest BCUT2D eigenvalue weighted by Gasteiger charge is -2.13. The molecular formula is C22H25N3O3. The van der Waals surface area contributed by atoms with Gasteiger partial charge in [-0.2, -0.15) is 0 Å². The second-order valence-corrected chi connectivity index (χ2v) is 6.63. The molecule has 0 aliphatic rings. The largest absolute Gasteiger partial charge is 0.497 e. The number of benzene rings is 2. The van der Waals surface area contributed by atoms with Crippen LogP contribution in [-0.2, 0) is 11.2 Å². The summed E-state index contributed by atoms with van der Waals surface area (Å²) < 4.78 is 10.8. The molecule has 1 aromatic heterocycles. The van der Waals surface area contributed by atoms with E-state index in [9.17, 15) is 4.79 Å². The molecule has 146 valence electrons. The summed E-state index contributed by atoms with van der Waals surface area (Å²) in [5.41, 5.74) is 2.21. The van der Waals surface area contributed by atoms with Crippen LogP contribution in [0.3, 0.4) is 0 Å². The molecule has 0 aliphatic carbocycles. The van der Waals surface area contributed by atoms with Crippen molar-refractivity contribution in [3.63, 3.8) is 0 Å². The summed E-state index contributed by atoms with van der Waals surface area (Å²) in [5, 5.41) is 11.0. The van der Waals surface area contributed by atoms with Crippen molar-refractivity contribution in [2.75, 3.05) is 13.7 Å². The highest BCUT2D eigenvalue weighted by molar-refractivity contribution is 5.77. The molecule has 6 heteroatoms. The van der Waals surface area contributed by atoms with Crippen molar-refractivity contribution in [1.82, 2.24) is 15.5 Å². The first kappa shape index (κ1) is 19.6. The molecule has 0 radical (unpaired) electrons. The van der Waals surface area contributed by atoms with Gasteiger partial charge in [0.05, 0.1) is 13.0 Å². The number of carbonyl (C=O) groups is 1. The summed E-state index contributed by atoms with van der Waals surface area (Å²) in [5.74, 6) is 1.54. The van der Waals surface area contributed by atoms with Gasteiger partial charge in [0.25, 0.3) is 0 Å². The Morgan fingerprint density at radius 1 is 1.11 bits per heavy atom. The number of aryl methyl sites for hydroxylation is 2. The summed E-state index contributed by atoms with van der Waals surface area (Å²) in [6, 6.07) is 17.8.